The van der Waals surface area contributed by atoms with Gasteiger partial charge in [-0.15, -0.1) is 0 Å². The lowest BCUT2D eigenvalue weighted by molar-refractivity contribution is 0.00551. The predicted molar refractivity (Wildman–Crippen MR) is 109 cm³/mol. The van der Waals surface area contributed by atoms with Crippen molar-refractivity contribution in [3.05, 3.63) is 82.3 Å². The van der Waals surface area contributed by atoms with Gasteiger partial charge in [-0.05, 0) is 48.4 Å². The molecule has 1 saturated heterocycles. The van der Waals surface area contributed by atoms with Crippen molar-refractivity contribution in [3.8, 4) is 11.8 Å². The van der Waals surface area contributed by atoms with Crippen LogP contribution in [0.4, 0.5) is 0 Å². The molecule has 1 aromatic heterocycles. The van der Waals surface area contributed by atoms with Gasteiger partial charge in [-0.3, -0.25) is 4.79 Å². The minimum absolute atomic E-state index is 0.0355. The monoisotopic (exact) mass is 357 g/mol. The van der Waals surface area contributed by atoms with Gasteiger partial charge in [0.25, 0.3) is 5.56 Å². The summed E-state index contributed by atoms with van der Waals surface area (Å²) in [5.41, 5.74) is 2.11. The highest BCUT2D eigenvalue weighted by Crippen LogP contribution is 2.16. The van der Waals surface area contributed by atoms with E-state index in [4.69, 9.17) is 4.74 Å². The number of ether oxygens (including phenoxy) is 1. The number of pyridine rings is 1. The lowest BCUT2D eigenvalue weighted by Gasteiger charge is -2.23. The quantitative estimate of drug-likeness (QED) is 0.659. The Morgan fingerprint density at radius 2 is 1.96 bits per heavy atom. The van der Waals surface area contributed by atoms with Crippen LogP contribution in [-0.4, -0.2) is 17.3 Å². The van der Waals surface area contributed by atoms with E-state index in [1.54, 1.807) is 4.57 Å². The zero-order valence-electron chi connectivity index (χ0n) is 15.4. The average Bonchev–Trinajstić information content (AvgIpc) is 2.72. The second-order valence-corrected chi connectivity index (χ2v) is 7.03. The van der Waals surface area contributed by atoms with E-state index < -0.39 is 0 Å². The number of benzene rings is 2. The van der Waals surface area contributed by atoms with E-state index >= 15 is 0 Å². The summed E-state index contributed by atoms with van der Waals surface area (Å²) in [7, 11) is 0. The van der Waals surface area contributed by atoms with Crippen LogP contribution in [0.25, 0.3) is 10.8 Å². The van der Waals surface area contributed by atoms with Gasteiger partial charge >= 0.3 is 0 Å². The Kier molecular flexibility index (Phi) is 5.37. The number of rotatable bonds is 3. The molecule has 0 spiro atoms. The molecule has 1 unspecified atom stereocenters. The van der Waals surface area contributed by atoms with Gasteiger partial charge in [-0.25, -0.2) is 0 Å². The van der Waals surface area contributed by atoms with E-state index in [0.717, 1.165) is 35.8 Å². The highest BCUT2D eigenvalue weighted by atomic mass is 16.5. The molecule has 1 aliphatic rings. The van der Waals surface area contributed by atoms with Crippen molar-refractivity contribution in [2.75, 3.05) is 6.61 Å². The Labute approximate surface area is 159 Å². The van der Waals surface area contributed by atoms with Crippen molar-refractivity contribution in [1.29, 1.82) is 0 Å². The van der Waals surface area contributed by atoms with E-state index in [1.165, 1.54) is 12.0 Å². The highest BCUT2D eigenvalue weighted by Gasteiger charge is 2.15. The molecule has 0 radical (unpaired) electrons. The Morgan fingerprint density at radius 1 is 1.07 bits per heavy atom. The van der Waals surface area contributed by atoms with Gasteiger partial charge in [0.15, 0.2) is 0 Å². The molecule has 3 aromatic rings. The molecule has 0 saturated carbocycles. The molecule has 0 amide bonds. The maximum atomic E-state index is 12.9. The SMILES string of the molecule is O=c1c2cc(C#CCc3ccccc3)ccc2ccn1CC1CCCCO1. The summed E-state index contributed by atoms with van der Waals surface area (Å²) in [6.45, 7) is 1.42. The molecule has 136 valence electrons. The van der Waals surface area contributed by atoms with Crippen LogP contribution >= 0.6 is 0 Å². The average molecular weight is 357 g/mol. The van der Waals surface area contributed by atoms with Crippen LogP contribution in [0, 0.1) is 11.8 Å². The van der Waals surface area contributed by atoms with Gasteiger partial charge in [-0.1, -0.05) is 48.2 Å². The van der Waals surface area contributed by atoms with E-state index in [2.05, 4.69) is 24.0 Å². The molecule has 27 heavy (non-hydrogen) atoms. The van der Waals surface area contributed by atoms with Crippen molar-refractivity contribution in [2.45, 2.75) is 38.3 Å². The van der Waals surface area contributed by atoms with E-state index in [-0.39, 0.29) is 11.7 Å². The highest BCUT2D eigenvalue weighted by molar-refractivity contribution is 5.82. The fourth-order valence-corrected chi connectivity index (χ4v) is 3.52. The third-order valence-electron chi connectivity index (χ3n) is 5.02. The Morgan fingerprint density at radius 3 is 2.78 bits per heavy atom. The van der Waals surface area contributed by atoms with Gasteiger partial charge in [-0.2, -0.15) is 0 Å². The van der Waals surface area contributed by atoms with Crippen LogP contribution in [0.2, 0.25) is 0 Å². The molecule has 0 bridgehead atoms. The zero-order chi connectivity index (χ0) is 18.5. The zero-order valence-corrected chi connectivity index (χ0v) is 15.4. The first-order valence-corrected chi connectivity index (χ1v) is 9.57. The minimum atomic E-state index is 0.0355. The predicted octanol–water partition coefficient (Wildman–Crippen LogP) is 4.16. The first-order chi connectivity index (χ1) is 13.3. The topological polar surface area (TPSA) is 31.2 Å². The smallest absolute Gasteiger partial charge is 0.258 e. The van der Waals surface area contributed by atoms with E-state index in [9.17, 15) is 4.79 Å². The molecule has 0 aliphatic carbocycles. The second kappa shape index (κ2) is 8.24. The number of hydrogen-bond acceptors (Lipinski definition) is 2. The summed E-state index contributed by atoms with van der Waals surface area (Å²) < 4.78 is 7.56. The Bertz CT molecular complexity index is 1030. The van der Waals surface area contributed by atoms with Gasteiger partial charge in [0.2, 0.25) is 0 Å². The van der Waals surface area contributed by atoms with Crippen molar-refractivity contribution in [2.24, 2.45) is 0 Å². The molecule has 3 heteroatoms. The van der Waals surface area contributed by atoms with Crippen LogP contribution in [0.1, 0.15) is 30.4 Å². The lowest BCUT2D eigenvalue weighted by atomic mass is 10.1. The van der Waals surface area contributed by atoms with Crippen LogP contribution < -0.4 is 5.56 Å². The van der Waals surface area contributed by atoms with E-state index in [0.29, 0.717) is 13.0 Å². The molecule has 0 N–H and O–H groups in total. The van der Waals surface area contributed by atoms with Crippen molar-refractivity contribution in [1.82, 2.24) is 4.57 Å². The van der Waals surface area contributed by atoms with Gasteiger partial charge in [0, 0.05) is 30.2 Å². The molecule has 4 rings (SSSR count). The third kappa shape index (κ3) is 4.30. The molecule has 3 nitrogen and oxygen atoms in total. The largest absolute Gasteiger partial charge is 0.376 e. The molecular weight excluding hydrogens is 334 g/mol. The Balaban J connectivity index is 1.57. The molecule has 1 atom stereocenters. The van der Waals surface area contributed by atoms with E-state index in [1.807, 2.05) is 48.7 Å². The number of hydrogen-bond donors (Lipinski definition) is 0. The second-order valence-electron chi connectivity index (χ2n) is 7.03. The first kappa shape index (κ1) is 17.6. The minimum Gasteiger partial charge on any atom is -0.376 e. The molecular formula is C24H23NO2. The van der Waals surface area contributed by atoms with Crippen LogP contribution in [0.15, 0.2) is 65.6 Å². The number of aromatic nitrogens is 1. The van der Waals surface area contributed by atoms with Crippen LogP contribution in [0.5, 0.6) is 0 Å². The maximum Gasteiger partial charge on any atom is 0.258 e. The molecule has 1 fully saturated rings. The number of fused-ring (bicyclic) bond motifs is 1. The van der Waals surface area contributed by atoms with Crippen molar-refractivity contribution >= 4 is 10.8 Å². The maximum absolute atomic E-state index is 12.9. The van der Waals surface area contributed by atoms with Crippen molar-refractivity contribution < 1.29 is 4.74 Å². The summed E-state index contributed by atoms with van der Waals surface area (Å²) in [5, 5.41) is 1.68. The summed E-state index contributed by atoms with van der Waals surface area (Å²) in [6.07, 6.45) is 6.04. The molecule has 2 heterocycles. The standard InChI is InChI=1S/C24H23NO2/c26-24-23-17-20(10-6-9-19-7-2-1-3-8-19)12-13-21(23)14-15-25(24)18-22-11-4-5-16-27-22/h1-3,7-8,12-15,17,22H,4-5,9,11,16,18H2. The van der Waals surface area contributed by atoms with Gasteiger partial charge in [0.05, 0.1) is 12.6 Å². The molecule has 2 aromatic carbocycles. The summed E-state index contributed by atoms with van der Waals surface area (Å²) in [5.74, 6) is 6.39. The van der Waals surface area contributed by atoms with Crippen LogP contribution in [-0.2, 0) is 17.7 Å². The summed E-state index contributed by atoms with van der Waals surface area (Å²) in [4.78, 5) is 12.9. The lowest BCUT2D eigenvalue weighted by Crippen LogP contribution is -2.30. The summed E-state index contributed by atoms with van der Waals surface area (Å²) >= 11 is 0. The molecule has 1 aliphatic heterocycles. The normalized spacial score (nSPS) is 16.7. The van der Waals surface area contributed by atoms with Crippen LogP contribution in [0.3, 0.4) is 0 Å². The van der Waals surface area contributed by atoms with Gasteiger partial charge < -0.3 is 9.30 Å². The fraction of sp³-hybridized carbons (Fsp3) is 0.292. The Hall–Kier alpha value is -2.83. The number of nitrogens with zero attached hydrogens (tertiary/aromatic N) is 1. The summed E-state index contributed by atoms with van der Waals surface area (Å²) in [6, 6.07) is 18.1. The fourth-order valence-electron chi connectivity index (χ4n) is 3.52. The first-order valence-electron chi connectivity index (χ1n) is 9.57. The van der Waals surface area contributed by atoms with Crippen molar-refractivity contribution in [3.63, 3.8) is 0 Å². The third-order valence-corrected chi connectivity index (χ3v) is 5.02. The van der Waals surface area contributed by atoms with Gasteiger partial charge in [0.1, 0.15) is 0 Å².